The molecule has 0 aromatic rings. The van der Waals surface area contributed by atoms with E-state index in [9.17, 15) is 4.79 Å². The van der Waals surface area contributed by atoms with Crippen LogP contribution in [-0.4, -0.2) is 46.5 Å². The van der Waals surface area contributed by atoms with Crippen molar-refractivity contribution in [2.45, 2.75) is 18.2 Å². The van der Waals surface area contributed by atoms with Crippen molar-refractivity contribution in [2.75, 3.05) is 6.61 Å². The van der Waals surface area contributed by atoms with Gasteiger partial charge in [0.1, 0.15) is 18.5 Å². The summed E-state index contributed by atoms with van der Waals surface area (Å²) in [5, 5.41) is 25.8. The van der Waals surface area contributed by atoms with Crippen molar-refractivity contribution < 1.29 is 20.1 Å². The molecule has 0 bridgehead atoms. The Hall–Kier alpha value is -0.490. The fourth-order valence-electron chi connectivity index (χ4n) is 0.445. The van der Waals surface area contributed by atoms with Crippen molar-refractivity contribution in [3.05, 3.63) is 0 Å². The van der Waals surface area contributed by atoms with Gasteiger partial charge in [-0.15, -0.1) is 0 Å². The largest absolute Gasteiger partial charge is 0.394 e. The highest BCUT2D eigenvalue weighted by Crippen LogP contribution is 1.94. The molecule has 5 nitrogen and oxygen atoms in total. The Balaban J connectivity index is 3.80. The van der Waals surface area contributed by atoms with Crippen molar-refractivity contribution in [1.29, 1.82) is 0 Å². The Labute approximate surface area is 58.1 Å². The van der Waals surface area contributed by atoms with Crippen molar-refractivity contribution >= 4 is 6.29 Å². The molecule has 0 aliphatic heterocycles. The molecule has 0 amide bonds. The minimum absolute atomic E-state index is 0.309. The first-order valence-electron chi connectivity index (χ1n) is 2.81. The van der Waals surface area contributed by atoms with Crippen LogP contribution < -0.4 is 5.73 Å². The van der Waals surface area contributed by atoms with Crippen LogP contribution in [0.5, 0.6) is 0 Å². The Morgan fingerprint density at radius 1 is 1.50 bits per heavy atom. The van der Waals surface area contributed by atoms with E-state index in [2.05, 4.69) is 0 Å². The first kappa shape index (κ1) is 9.51. The number of nitrogens with two attached hydrogens (primary N) is 1. The summed E-state index contributed by atoms with van der Waals surface area (Å²) in [6.45, 7) is -0.608. The third-order valence-corrected chi connectivity index (χ3v) is 1.13. The lowest BCUT2D eigenvalue weighted by Gasteiger charge is -2.17. The van der Waals surface area contributed by atoms with Crippen LogP contribution in [0.25, 0.3) is 0 Å². The smallest absolute Gasteiger partial charge is 0.139 e. The first-order chi connectivity index (χ1) is 4.63. The van der Waals surface area contributed by atoms with Gasteiger partial charge in [0.15, 0.2) is 0 Å². The molecule has 5 heteroatoms. The van der Waals surface area contributed by atoms with Crippen LogP contribution in [0.3, 0.4) is 0 Å². The average Bonchev–Trinajstić information content (AvgIpc) is 2.00. The average molecular weight is 149 g/mol. The SMILES string of the molecule is N[C@@H](C=O)[C@@H](O)[C@H](O)CO. The fraction of sp³-hybridized carbons (Fsp3) is 0.800. The van der Waals surface area contributed by atoms with Crippen LogP contribution in [0.15, 0.2) is 0 Å². The topological polar surface area (TPSA) is 104 Å². The minimum atomic E-state index is -1.39. The van der Waals surface area contributed by atoms with E-state index in [-0.39, 0.29) is 0 Å². The van der Waals surface area contributed by atoms with E-state index in [0.717, 1.165) is 0 Å². The van der Waals surface area contributed by atoms with E-state index in [4.69, 9.17) is 21.1 Å². The van der Waals surface area contributed by atoms with E-state index in [1.54, 1.807) is 0 Å². The van der Waals surface area contributed by atoms with Gasteiger partial charge in [0.05, 0.1) is 12.6 Å². The van der Waals surface area contributed by atoms with Gasteiger partial charge in [0.2, 0.25) is 0 Å². The molecule has 10 heavy (non-hydrogen) atoms. The van der Waals surface area contributed by atoms with Crippen LogP contribution in [0.1, 0.15) is 0 Å². The molecule has 0 aromatic heterocycles. The highest BCUT2D eigenvalue weighted by molar-refractivity contribution is 5.58. The Morgan fingerprint density at radius 3 is 2.30 bits per heavy atom. The Kier molecular flexibility index (Phi) is 4.13. The third kappa shape index (κ3) is 2.40. The normalized spacial score (nSPS) is 19.6. The zero-order chi connectivity index (χ0) is 8.15. The molecule has 5 N–H and O–H groups in total. The molecule has 0 saturated heterocycles. The summed E-state index contributed by atoms with van der Waals surface area (Å²) in [5.41, 5.74) is 5.00. The van der Waals surface area contributed by atoms with E-state index < -0.39 is 24.9 Å². The number of carbonyl (C=O) groups is 1. The van der Waals surface area contributed by atoms with E-state index in [0.29, 0.717) is 6.29 Å². The number of rotatable bonds is 4. The third-order valence-electron chi connectivity index (χ3n) is 1.13. The number of carbonyl (C=O) groups excluding carboxylic acids is 1. The van der Waals surface area contributed by atoms with Gasteiger partial charge in [-0.25, -0.2) is 0 Å². The number of aldehydes is 1. The highest BCUT2D eigenvalue weighted by Gasteiger charge is 2.21. The van der Waals surface area contributed by atoms with Gasteiger partial charge in [-0.2, -0.15) is 0 Å². The van der Waals surface area contributed by atoms with Crippen LogP contribution in [0.2, 0.25) is 0 Å². The lowest BCUT2D eigenvalue weighted by molar-refractivity contribution is -0.114. The predicted octanol–water partition coefficient (Wildman–Crippen LogP) is -2.77. The molecule has 0 heterocycles. The fourth-order valence-corrected chi connectivity index (χ4v) is 0.445. The second-order valence-corrected chi connectivity index (χ2v) is 1.95. The van der Waals surface area contributed by atoms with Gasteiger partial charge < -0.3 is 25.8 Å². The summed E-state index contributed by atoms with van der Waals surface area (Å²) >= 11 is 0. The lowest BCUT2D eigenvalue weighted by Crippen LogP contribution is -2.45. The predicted molar refractivity (Wildman–Crippen MR) is 33.1 cm³/mol. The molecular weight excluding hydrogens is 138 g/mol. The molecule has 0 radical (unpaired) electrons. The first-order valence-corrected chi connectivity index (χ1v) is 2.81. The maximum absolute atomic E-state index is 9.89. The summed E-state index contributed by atoms with van der Waals surface area (Å²) in [4.78, 5) is 9.89. The summed E-state index contributed by atoms with van der Waals surface area (Å²) in [5.74, 6) is 0. The summed E-state index contributed by atoms with van der Waals surface area (Å²) in [6.07, 6.45) is -2.42. The van der Waals surface area contributed by atoms with E-state index >= 15 is 0 Å². The monoisotopic (exact) mass is 149 g/mol. The zero-order valence-corrected chi connectivity index (χ0v) is 5.34. The van der Waals surface area contributed by atoms with Crippen molar-refractivity contribution in [3.63, 3.8) is 0 Å². The van der Waals surface area contributed by atoms with Crippen LogP contribution in [-0.2, 0) is 4.79 Å². The molecule has 0 spiro atoms. The van der Waals surface area contributed by atoms with Gasteiger partial charge in [-0.1, -0.05) is 0 Å². The molecule has 0 aliphatic carbocycles. The molecule has 0 rings (SSSR count). The van der Waals surface area contributed by atoms with E-state index in [1.807, 2.05) is 0 Å². The molecule has 0 aliphatic rings. The number of hydrogen-bond donors (Lipinski definition) is 4. The molecule has 0 fully saturated rings. The molecule has 60 valence electrons. The standard InChI is InChI=1S/C5H11NO4/c6-3(1-7)5(10)4(9)2-8/h1,3-5,8-10H,2,6H2/t3-,4+,5+/m0/s1. The zero-order valence-electron chi connectivity index (χ0n) is 5.34. The van der Waals surface area contributed by atoms with Gasteiger partial charge in [0.25, 0.3) is 0 Å². The quantitative estimate of drug-likeness (QED) is 0.324. The van der Waals surface area contributed by atoms with Gasteiger partial charge in [-0.05, 0) is 0 Å². The van der Waals surface area contributed by atoms with Crippen molar-refractivity contribution in [2.24, 2.45) is 5.73 Å². The Bertz CT molecular complexity index is 108. The molecular formula is C5H11NO4. The van der Waals surface area contributed by atoms with E-state index in [1.165, 1.54) is 0 Å². The van der Waals surface area contributed by atoms with Gasteiger partial charge in [0, 0.05) is 0 Å². The number of hydrogen-bond acceptors (Lipinski definition) is 5. The number of aliphatic hydroxyl groups excluding tert-OH is 3. The molecule has 3 atom stereocenters. The summed E-state index contributed by atoms with van der Waals surface area (Å²) in [6, 6.07) is -1.14. The van der Waals surface area contributed by atoms with Gasteiger partial charge in [-0.3, -0.25) is 0 Å². The molecule has 0 saturated carbocycles. The van der Waals surface area contributed by atoms with Crippen molar-refractivity contribution in [3.8, 4) is 0 Å². The maximum Gasteiger partial charge on any atom is 0.139 e. The number of aliphatic hydroxyl groups is 3. The van der Waals surface area contributed by atoms with Gasteiger partial charge >= 0.3 is 0 Å². The highest BCUT2D eigenvalue weighted by atomic mass is 16.4. The second-order valence-electron chi connectivity index (χ2n) is 1.95. The van der Waals surface area contributed by atoms with Crippen molar-refractivity contribution in [1.82, 2.24) is 0 Å². The molecule has 0 aromatic carbocycles. The lowest BCUT2D eigenvalue weighted by atomic mass is 10.1. The Morgan fingerprint density at radius 2 is 2.00 bits per heavy atom. The van der Waals surface area contributed by atoms with Crippen LogP contribution >= 0.6 is 0 Å². The summed E-state index contributed by atoms with van der Waals surface area (Å²) in [7, 11) is 0. The summed E-state index contributed by atoms with van der Waals surface area (Å²) < 4.78 is 0. The minimum Gasteiger partial charge on any atom is -0.394 e. The molecule has 0 unspecified atom stereocenters. The van der Waals surface area contributed by atoms with Crippen LogP contribution in [0.4, 0.5) is 0 Å². The van der Waals surface area contributed by atoms with Crippen LogP contribution in [0, 0.1) is 0 Å². The second kappa shape index (κ2) is 4.35. The maximum atomic E-state index is 9.89.